The Kier molecular flexibility index (Phi) is 5.77. The van der Waals surface area contributed by atoms with Gasteiger partial charge in [-0.25, -0.2) is 10.1 Å². The monoisotopic (exact) mass is 546 g/mol. The van der Waals surface area contributed by atoms with E-state index in [0.717, 1.165) is 4.68 Å². The van der Waals surface area contributed by atoms with E-state index >= 15 is 0 Å². The van der Waals surface area contributed by atoms with Gasteiger partial charge < -0.3 is 10.8 Å². The number of carbonyl (C=O) groups excluding carboxylic acids is 1. The van der Waals surface area contributed by atoms with Crippen molar-refractivity contribution in [3.05, 3.63) is 62.7 Å². The summed E-state index contributed by atoms with van der Waals surface area (Å²) in [7, 11) is 0. The second-order valence-corrected chi connectivity index (χ2v) is 7.78. The Morgan fingerprint density at radius 1 is 1.19 bits per heavy atom. The first kappa shape index (κ1) is 20.7. The van der Waals surface area contributed by atoms with Gasteiger partial charge in [0.25, 0.3) is 5.91 Å². The highest BCUT2D eigenvalue weighted by molar-refractivity contribution is 9.11. The largest absolute Gasteiger partial charge is 0.506 e. The van der Waals surface area contributed by atoms with Crippen LogP contribution < -0.4 is 11.2 Å². The molecule has 2 heterocycles. The first-order valence-corrected chi connectivity index (χ1v) is 10.1. The van der Waals surface area contributed by atoms with Crippen molar-refractivity contribution in [3.8, 4) is 22.8 Å². The topological polar surface area (TPSA) is 157 Å². The molecule has 31 heavy (non-hydrogen) atoms. The number of anilines is 1. The highest BCUT2D eigenvalue weighted by Gasteiger charge is 2.25. The first-order valence-electron chi connectivity index (χ1n) is 8.56. The number of nitrogens with zero attached hydrogens (tertiary/aromatic N) is 6. The van der Waals surface area contributed by atoms with Crippen molar-refractivity contribution in [3.63, 3.8) is 0 Å². The molecule has 0 saturated heterocycles. The Balaban J connectivity index is 1.68. The van der Waals surface area contributed by atoms with Gasteiger partial charge >= 0.3 is 0 Å². The van der Waals surface area contributed by atoms with Gasteiger partial charge in [-0.3, -0.25) is 4.79 Å². The summed E-state index contributed by atoms with van der Waals surface area (Å²) in [6.07, 6.45) is 1.41. The normalized spacial score (nSPS) is 11.2. The van der Waals surface area contributed by atoms with Crippen molar-refractivity contribution in [1.29, 1.82) is 0 Å². The molecule has 156 valence electrons. The number of hydrogen-bond acceptors (Lipinski definition) is 9. The van der Waals surface area contributed by atoms with Crippen molar-refractivity contribution in [1.82, 2.24) is 30.7 Å². The van der Waals surface area contributed by atoms with E-state index in [1.54, 1.807) is 36.4 Å². The fourth-order valence-electron chi connectivity index (χ4n) is 2.64. The number of aromatic hydroxyl groups is 1. The van der Waals surface area contributed by atoms with Crippen LogP contribution in [-0.4, -0.2) is 42.5 Å². The van der Waals surface area contributed by atoms with E-state index in [4.69, 9.17) is 5.73 Å². The summed E-state index contributed by atoms with van der Waals surface area (Å²) in [5.74, 6) is -0.585. The quantitative estimate of drug-likeness (QED) is 0.254. The number of aromatic nitrogens is 5. The van der Waals surface area contributed by atoms with Crippen LogP contribution in [0.4, 0.5) is 5.82 Å². The lowest BCUT2D eigenvalue weighted by molar-refractivity contribution is 0.0948. The molecule has 0 radical (unpaired) electrons. The molecule has 4 aromatic rings. The predicted octanol–water partition coefficient (Wildman–Crippen LogP) is 2.89. The third-order valence-corrected chi connectivity index (χ3v) is 5.26. The fraction of sp³-hybridized carbons (Fsp3) is 0. The zero-order valence-electron chi connectivity index (χ0n) is 15.4. The minimum absolute atomic E-state index is 0.0233. The molecule has 0 aliphatic carbocycles. The average molecular weight is 548 g/mol. The molecule has 0 fully saturated rings. The van der Waals surface area contributed by atoms with Crippen LogP contribution in [0.25, 0.3) is 17.1 Å². The van der Waals surface area contributed by atoms with Gasteiger partial charge in [-0.15, -0.1) is 5.10 Å². The maximum atomic E-state index is 13.0. The number of halogens is 2. The molecule has 0 spiro atoms. The number of amides is 1. The van der Waals surface area contributed by atoms with Gasteiger partial charge in [0.2, 0.25) is 11.6 Å². The number of benzene rings is 2. The number of nitrogen functional groups attached to an aromatic ring is 1. The van der Waals surface area contributed by atoms with Crippen LogP contribution in [0.1, 0.15) is 16.1 Å². The third kappa shape index (κ3) is 4.18. The standard InChI is InChI=1S/C18H12Br2N8O3/c19-11-6-9(7-12(20)15(11)29)8-22-24-18(30)14-13(10-4-2-1-3-5-10)23-27-28(14)17-16(21)25-31-26-17/h1-8,29H,(H2,21,25)(H,24,30). The molecule has 0 saturated carbocycles. The minimum atomic E-state index is -0.612. The number of hydrogen-bond donors (Lipinski definition) is 3. The van der Waals surface area contributed by atoms with E-state index in [9.17, 15) is 9.90 Å². The molecule has 13 heteroatoms. The van der Waals surface area contributed by atoms with Crippen LogP contribution in [0, 0.1) is 0 Å². The van der Waals surface area contributed by atoms with Gasteiger partial charge in [0.15, 0.2) is 5.69 Å². The van der Waals surface area contributed by atoms with Crippen molar-refractivity contribution in [2.75, 3.05) is 5.73 Å². The summed E-state index contributed by atoms with van der Waals surface area (Å²) in [6, 6.07) is 12.3. The summed E-state index contributed by atoms with van der Waals surface area (Å²) in [4.78, 5) is 13.0. The summed E-state index contributed by atoms with van der Waals surface area (Å²) in [6.45, 7) is 0. The molecule has 0 bridgehead atoms. The number of rotatable bonds is 5. The van der Waals surface area contributed by atoms with Crippen LogP contribution in [0.5, 0.6) is 5.75 Å². The second kappa shape index (κ2) is 8.65. The fourth-order valence-corrected chi connectivity index (χ4v) is 3.86. The second-order valence-electron chi connectivity index (χ2n) is 6.07. The van der Waals surface area contributed by atoms with Gasteiger partial charge in [0.1, 0.15) is 11.4 Å². The highest BCUT2D eigenvalue weighted by Crippen LogP contribution is 2.32. The van der Waals surface area contributed by atoms with E-state index in [0.29, 0.717) is 25.8 Å². The highest BCUT2D eigenvalue weighted by atomic mass is 79.9. The Morgan fingerprint density at radius 3 is 2.55 bits per heavy atom. The molecule has 2 aromatic carbocycles. The maximum Gasteiger partial charge on any atom is 0.292 e. The Hall–Kier alpha value is -3.58. The van der Waals surface area contributed by atoms with Crippen molar-refractivity contribution < 1.29 is 14.5 Å². The van der Waals surface area contributed by atoms with Crippen molar-refractivity contribution in [2.24, 2.45) is 5.10 Å². The van der Waals surface area contributed by atoms with E-state index < -0.39 is 5.91 Å². The minimum Gasteiger partial charge on any atom is -0.506 e. The van der Waals surface area contributed by atoms with E-state index in [1.165, 1.54) is 6.21 Å². The van der Waals surface area contributed by atoms with E-state index in [2.05, 4.69) is 67.6 Å². The Bertz CT molecular complexity index is 1260. The number of nitrogens with one attached hydrogen (secondary N) is 1. The molecule has 0 aliphatic heterocycles. The van der Waals surface area contributed by atoms with Gasteiger partial charge in [0.05, 0.1) is 15.2 Å². The average Bonchev–Trinajstić information content (AvgIpc) is 3.38. The van der Waals surface area contributed by atoms with Crippen LogP contribution in [0.3, 0.4) is 0 Å². The Morgan fingerprint density at radius 2 is 1.90 bits per heavy atom. The molecule has 4 N–H and O–H groups in total. The lowest BCUT2D eigenvalue weighted by Crippen LogP contribution is -2.22. The molecule has 1 amide bonds. The van der Waals surface area contributed by atoms with Gasteiger partial charge in [-0.1, -0.05) is 35.5 Å². The zero-order chi connectivity index (χ0) is 22.0. The lowest BCUT2D eigenvalue weighted by atomic mass is 10.1. The van der Waals surface area contributed by atoms with Crippen LogP contribution >= 0.6 is 31.9 Å². The molecular weight excluding hydrogens is 536 g/mol. The zero-order valence-corrected chi connectivity index (χ0v) is 18.6. The van der Waals surface area contributed by atoms with Crippen LogP contribution in [0.15, 0.2) is 61.1 Å². The Labute approximate surface area is 191 Å². The van der Waals surface area contributed by atoms with Crippen molar-refractivity contribution in [2.45, 2.75) is 0 Å². The molecule has 0 unspecified atom stereocenters. The SMILES string of the molecule is Nc1nonc1-n1nnc(-c2ccccc2)c1C(=O)NN=Cc1cc(Br)c(O)c(Br)c1. The summed E-state index contributed by atoms with van der Waals surface area (Å²) < 4.78 is 6.69. The maximum absolute atomic E-state index is 13.0. The number of hydrazone groups is 1. The molecule has 2 aromatic heterocycles. The van der Waals surface area contributed by atoms with Gasteiger partial charge in [-0.05, 0) is 59.9 Å². The molecular formula is C18H12Br2N8O3. The van der Waals surface area contributed by atoms with E-state index in [1.807, 2.05) is 6.07 Å². The predicted molar refractivity (Wildman–Crippen MR) is 118 cm³/mol. The third-order valence-electron chi connectivity index (χ3n) is 4.05. The number of phenols is 1. The van der Waals surface area contributed by atoms with Crippen molar-refractivity contribution >= 4 is 49.8 Å². The first-order chi connectivity index (χ1) is 15.0. The van der Waals surface area contributed by atoms with Gasteiger partial charge in [0, 0.05) is 5.56 Å². The summed E-state index contributed by atoms with van der Waals surface area (Å²) in [5, 5.41) is 29.1. The van der Waals surface area contributed by atoms with Crippen LogP contribution in [-0.2, 0) is 0 Å². The molecule has 0 atom stereocenters. The summed E-state index contributed by atoms with van der Waals surface area (Å²) >= 11 is 6.48. The van der Waals surface area contributed by atoms with Gasteiger partial charge in [-0.2, -0.15) is 9.78 Å². The lowest BCUT2D eigenvalue weighted by Gasteiger charge is -2.05. The summed E-state index contributed by atoms with van der Waals surface area (Å²) in [5.41, 5.74) is 9.81. The number of nitrogens with two attached hydrogens (primary N) is 1. The number of phenolic OH excluding ortho intramolecular Hbond substituents is 1. The molecule has 4 rings (SSSR count). The number of carbonyl (C=O) groups is 1. The van der Waals surface area contributed by atoms with Crippen LogP contribution in [0.2, 0.25) is 0 Å². The smallest absolute Gasteiger partial charge is 0.292 e. The molecule has 11 nitrogen and oxygen atoms in total. The molecule has 0 aliphatic rings. The van der Waals surface area contributed by atoms with E-state index in [-0.39, 0.29) is 23.1 Å².